The zero-order valence-electron chi connectivity index (χ0n) is 9.66. The molecule has 0 unspecified atom stereocenters. The first-order valence-corrected chi connectivity index (χ1v) is 5.65. The van der Waals surface area contributed by atoms with E-state index < -0.39 is 5.97 Å². The molecule has 96 valence electrons. The number of carboxylic acids is 1. The summed E-state index contributed by atoms with van der Waals surface area (Å²) >= 11 is 6.00. The van der Waals surface area contributed by atoms with Crippen LogP contribution in [-0.2, 0) is 0 Å². The summed E-state index contributed by atoms with van der Waals surface area (Å²) in [7, 11) is 0. The Morgan fingerprint density at radius 3 is 2.89 bits per heavy atom. The van der Waals surface area contributed by atoms with Crippen molar-refractivity contribution in [3.05, 3.63) is 34.8 Å². The number of halogens is 1. The van der Waals surface area contributed by atoms with Gasteiger partial charge in [-0.1, -0.05) is 16.8 Å². The smallest absolute Gasteiger partial charge is 0.337 e. The maximum atomic E-state index is 11.0. The van der Waals surface area contributed by atoms with Crippen molar-refractivity contribution in [1.82, 2.24) is 19.8 Å². The second kappa shape index (κ2) is 4.06. The molecule has 1 N–H and O–H groups in total. The number of carboxylic acid groups (broad SMARTS) is 1. The number of rotatable bonds is 2. The number of pyridine rings is 1. The maximum Gasteiger partial charge on any atom is 0.337 e. The van der Waals surface area contributed by atoms with Crippen LogP contribution in [0.1, 0.15) is 16.1 Å². The lowest BCUT2D eigenvalue weighted by Crippen LogP contribution is -2.00. The predicted octanol–water partition coefficient (Wildman–Crippen LogP) is 2.04. The molecule has 0 atom stereocenters. The Kier molecular flexibility index (Phi) is 2.49. The molecule has 19 heavy (non-hydrogen) atoms. The second-order valence-corrected chi connectivity index (χ2v) is 4.30. The molecule has 7 nitrogen and oxygen atoms in total. The minimum absolute atomic E-state index is 0.0488. The van der Waals surface area contributed by atoms with Gasteiger partial charge in [0.2, 0.25) is 0 Å². The summed E-state index contributed by atoms with van der Waals surface area (Å²) in [5.41, 5.74) is 1.06. The van der Waals surface area contributed by atoms with Gasteiger partial charge in [0.05, 0.1) is 22.3 Å². The van der Waals surface area contributed by atoms with Crippen molar-refractivity contribution in [2.24, 2.45) is 0 Å². The lowest BCUT2D eigenvalue weighted by molar-refractivity contribution is 0.0696. The van der Waals surface area contributed by atoms with Gasteiger partial charge in [0.15, 0.2) is 11.5 Å². The van der Waals surface area contributed by atoms with Crippen molar-refractivity contribution >= 4 is 23.2 Å². The van der Waals surface area contributed by atoms with E-state index in [0.29, 0.717) is 22.8 Å². The highest BCUT2D eigenvalue weighted by molar-refractivity contribution is 6.33. The van der Waals surface area contributed by atoms with Gasteiger partial charge in [-0.2, -0.15) is 0 Å². The third-order valence-corrected chi connectivity index (χ3v) is 2.98. The van der Waals surface area contributed by atoms with Crippen LogP contribution in [0.2, 0.25) is 5.02 Å². The summed E-state index contributed by atoms with van der Waals surface area (Å²) in [6, 6.07) is 1.33. The Morgan fingerprint density at radius 2 is 2.26 bits per heavy atom. The van der Waals surface area contributed by atoms with E-state index in [1.807, 2.05) is 0 Å². The Balaban J connectivity index is 2.33. The number of aromatic nitrogens is 4. The van der Waals surface area contributed by atoms with Crippen molar-refractivity contribution in [2.45, 2.75) is 6.92 Å². The van der Waals surface area contributed by atoms with Crippen molar-refractivity contribution in [2.75, 3.05) is 0 Å². The molecule has 3 rings (SSSR count). The molecule has 0 amide bonds. The van der Waals surface area contributed by atoms with Gasteiger partial charge in [-0.3, -0.25) is 4.40 Å². The second-order valence-electron chi connectivity index (χ2n) is 3.89. The molecule has 0 saturated carbocycles. The monoisotopic (exact) mass is 278 g/mol. The molecule has 0 aliphatic carbocycles. The van der Waals surface area contributed by atoms with Gasteiger partial charge >= 0.3 is 5.97 Å². The SMILES string of the molecule is Cc1oncc1-c1nnc2c(Cl)cc(C(=O)O)cn12. The minimum atomic E-state index is -1.08. The van der Waals surface area contributed by atoms with Crippen molar-refractivity contribution in [3.8, 4) is 11.4 Å². The summed E-state index contributed by atoms with van der Waals surface area (Å²) in [5.74, 6) is -0.0876. The molecule has 3 heterocycles. The highest BCUT2D eigenvalue weighted by atomic mass is 35.5. The molecule has 8 heteroatoms. The van der Waals surface area contributed by atoms with Gasteiger partial charge in [-0.05, 0) is 13.0 Å². The molecule has 0 radical (unpaired) electrons. The maximum absolute atomic E-state index is 11.0. The molecule has 0 spiro atoms. The molecule has 3 aromatic rings. The summed E-state index contributed by atoms with van der Waals surface area (Å²) in [4.78, 5) is 11.0. The lowest BCUT2D eigenvalue weighted by atomic mass is 10.2. The topological polar surface area (TPSA) is 93.5 Å². The molecule has 0 aromatic carbocycles. The number of carbonyl (C=O) groups is 1. The number of fused-ring (bicyclic) bond motifs is 1. The number of hydrogen-bond donors (Lipinski definition) is 1. The summed E-state index contributed by atoms with van der Waals surface area (Å²) in [6.45, 7) is 1.73. The van der Waals surface area contributed by atoms with E-state index in [1.54, 1.807) is 6.92 Å². The van der Waals surface area contributed by atoms with Gasteiger partial charge in [-0.25, -0.2) is 4.79 Å². The minimum Gasteiger partial charge on any atom is -0.478 e. The Hall–Kier alpha value is -2.41. The molecule has 0 saturated heterocycles. The van der Waals surface area contributed by atoms with Gasteiger partial charge in [0, 0.05) is 6.20 Å². The van der Waals surface area contributed by atoms with E-state index in [2.05, 4.69) is 15.4 Å². The van der Waals surface area contributed by atoms with Crippen LogP contribution in [-0.4, -0.2) is 30.8 Å². The van der Waals surface area contributed by atoms with Crippen molar-refractivity contribution in [3.63, 3.8) is 0 Å². The summed E-state index contributed by atoms with van der Waals surface area (Å²) in [5, 5.41) is 20.8. The van der Waals surface area contributed by atoms with Crippen LogP contribution in [0.5, 0.6) is 0 Å². The van der Waals surface area contributed by atoms with Crippen LogP contribution in [0.15, 0.2) is 23.0 Å². The van der Waals surface area contributed by atoms with Crippen molar-refractivity contribution < 1.29 is 14.4 Å². The van der Waals surface area contributed by atoms with Gasteiger partial charge < -0.3 is 9.63 Å². The predicted molar refractivity (Wildman–Crippen MR) is 65.2 cm³/mol. The molecule has 3 aromatic heterocycles. The van der Waals surface area contributed by atoms with Crippen LogP contribution in [0.4, 0.5) is 0 Å². The number of aryl methyl sites for hydroxylation is 1. The average Bonchev–Trinajstić information content (AvgIpc) is 2.94. The van der Waals surface area contributed by atoms with E-state index in [-0.39, 0.29) is 10.6 Å². The summed E-state index contributed by atoms with van der Waals surface area (Å²) < 4.78 is 6.47. The first-order valence-electron chi connectivity index (χ1n) is 5.27. The lowest BCUT2D eigenvalue weighted by Gasteiger charge is -2.01. The normalized spacial score (nSPS) is 11.1. The quantitative estimate of drug-likeness (QED) is 0.771. The third-order valence-electron chi connectivity index (χ3n) is 2.70. The Bertz CT molecular complexity index is 792. The van der Waals surface area contributed by atoms with Crippen LogP contribution >= 0.6 is 11.6 Å². The van der Waals surface area contributed by atoms with Crippen LogP contribution < -0.4 is 0 Å². The third kappa shape index (κ3) is 1.75. The van der Waals surface area contributed by atoms with E-state index in [9.17, 15) is 4.79 Å². The first-order chi connectivity index (χ1) is 9.08. The fourth-order valence-corrected chi connectivity index (χ4v) is 2.01. The largest absolute Gasteiger partial charge is 0.478 e. The number of aromatic carboxylic acids is 1. The van der Waals surface area contributed by atoms with E-state index >= 15 is 0 Å². The average molecular weight is 279 g/mol. The van der Waals surface area contributed by atoms with Gasteiger partial charge in [-0.15, -0.1) is 10.2 Å². The fourth-order valence-electron chi connectivity index (χ4n) is 1.77. The zero-order valence-corrected chi connectivity index (χ0v) is 10.4. The van der Waals surface area contributed by atoms with Gasteiger partial charge in [0.1, 0.15) is 5.76 Å². The van der Waals surface area contributed by atoms with Crippen LogP contribution in [0.25, 0.3) is 17.0 Å². The summed E-state index contributed by atoms with van der Waals surface area (Å²) in [6.07, 6.45) is 2.90. The van der Waals surface area contributed by atoms with Crippen LogP contribution in [0.3, 0.4) is 0 Å². The molecular weight excluding hydrogens is 272 g/mol. The molecular formula is C11H7ClN4O3. The fraction of sp³-hybridized carbons (Fsp3) is 0.0909. The highest BCUT2D eigenvalue weighted by Crippen LogP contribution is 2.25. The standard InChI is InChI=1S/C11H7ClN4O3/c1-5-7(3-13-19-5)9-14-15-10-8(12)2-6(11(17)18)4-16(9)10/h2-4H,1H3,(H,17,18). The Morgan fingerprint density at radius 1 is 1.47 bits per heavy atom. The van der Waals surface area contributed by atoms with E-state index in [1.165, 1.54) is 22.9 Å². The highest BCUT2D eigenvalue weighted by Gasteiger charge is 2.17. The molecule has 0 bridgehead atoms. The van der Waals surface area contributed by atoms with Crippen molar-refractivity contribution in [1.29, 1.82) is 0 Å². The molecule has 0 aliphatic heterocycles. The van der Waals surface area contributed by atoms with E-state index in [0.717, 1.165) is 0 Å². The zero-order chi connectivity index (χ0) is 13.6. The molecule has 0 aliphatic rings. The number of hydrogen-bond acceptors (Lipinski definition) is 5. The molecule has 0 fully saturated rings. The van der Waals surface area contributed by atoms with E-state index in [4.69, 9.17) is 21.2 Å². The number of nitrogens with zero attached hydrogens (tertiary/aromatic N) is 4. The Labute approximate surface area is 111 Å². The van der Waals surface area contributed by atoms with Crippen LogP contribution in [0, 0.1) is 6.92 Å². The van der Waals surface area contributed by atoms with Gasteiger partial charge in [0.25, 0.3) is 0 Å². The first kappa shape index (κ1) is 11.7.